The maximum absolute atomic E-state index is 12.8. The molecule has 2 atom stereocenters. The predicted octanol–water partition coefficient (Wildman–Crippen LogP) is 18.1. The van der Waals surface area contributed by atoms with Crippen LogP contribution in [0.4, 0.5) is 0 Å². The number of phosphoric acid groups is 1. The van der Waals surface area contributed by atoms with Crippen LogP contribution < -0.4 is 4.89 Å². The van der Waals surface area contributed by atoms with E-state index in [2.05, 4.69) is 98.9 Å². The molecule has 0 N–H and O–H groups in total. The number of ether oxygens (including phenoxy) is 2. The minimum Gasteiger partial charge on any atom is -0.756 e. The molecule has 0 aromatic carbocycles. The number of hydrogen-bond donors (Lipinski definition) is 0. The number of unbranched alkanes of at least 4 members (excludes halogenated alkanes) is 26. The number of allylic oxidation sites excluding steroid dienone is 14. The van der Waals surface area contributed by atoms with Crippen molar-refractivity contribution in [3.8, 4) is 0 Å². The van der Waals surface area contributed by atoms with Gasteiger partial charge in [-0.1, -0.05) is 234 Å². The summed E-state index contributed by atoms with van der Waals surface area (Å²) in [7, 11) is 1.34. The molecule has 71 heavy (non-hydrogen) atoms. The van der Waals surface area contributed by atoms with E-state index < -0.39 is 13.9 Å². The maximum Gasteiger partial charge on any atom is 0.306 e. The summed E-state index contributed by atoms with van der Waals surface area (Å²) in [6.45, 7) is 5.29. The van der Waals surface area contributed by atoms with Gasteiger partial charge in [-0.15, -0.1) is 0 Å². The zero-order chi connectivity index (χ0) is 51.9. The van der Waals surface area contributed by atoms with Crippen LogP contribution in [0.3, 0.4) is 0 Å². The Balaban J connectivity index is 4.09. The van der Waals surface area contributed by atoms with Crippen molar-refractivity contribution in [2.45, 2.75) is 251 Å². The van der Waals surface area contributed by atoms with E-state index in [0.29, 0.717) is 24.1 Å². The summed E-state index contributed by atoms with van der Waals surface area (Å²) < 4.78 is 34.9. The Morgan fingerprint density at radius 2 is 0.817 bits per heavy atom. The fraction of sp³-hybridized carbons (Fsp3) is 0.758. The minimum atomic E-state index is -4.54. The molecule has 0 rings (SSSR count). The molecule has 0 aliphatic heterocycles. The van der Waals surface area contributed by atoms with Crippen LogP contribution in [0.2, 0.25) is 0 Å². The molecule has 0 saturated heterocycles. The van der Waals surface area contributed by atoms with Gasteiger partial charge in [-0.3, -0.25) is 9.36 Å². The van der Waals surface area contributed by atoms with Crippen LogP contribution in [-0.2, 0) is 27.9 Å². The lowest BCUT2D eigenvalue weighted by Gasteiger charge is -2.28. The Bertz CT molecular complexity index is 1410. The molecule has 0 heterocycles. The van der Waals surface area contributed by atoms with Crippen molar-refractivity contribution in [3.05, 3.63) is 85.1 Å². The summed E-state index contributed by atoms with van der Waals surface area (Å²) in [6, 6.07) is 0. The Hall–Kier alpha value is -2.32. The van der Waals surface area contributed by atoms with E-state index >= 15 is 0 Å². The van der Waals surface area contributed by atoms with Gasteiger partial charge in [0.15, 0.2) is 0 Å². The van der Waals surface area contributed by atoms with Crippen molar-refractivity contribution >= 4 is 13.8 Å². The molecule has 8 nitrogen and oxygen atoms in total. The highest BCUT2D eigenvalue weighted by Crippen LogP contribution is 2.38. The summed E-state index contributed by atoms with van der Waals surface area (Å²) in [5, 5.41) is 0. The van der Waals surface area contributed by atoms with Gasteiger partial charge >= 0.3 is 5.97 Å². The summed E-state index contributed by atoms with van der Waals surface area (Å²) in [6.07, 6.45) is 73.4. The molecule has 0 bridgehead atoms. The normalized spacial score (nSPS) is 14.1. The third kappa shape index (κ3) is 58.4. The van der Waals surface area contributed by atoms with Crippen LogP contribution in [0.1, 0.15) is 245 Å². The summed E-state index contributed by atoms with van der Waals surface area (Å²) in [4.78, 5) is 25.3. The van der Waals surface area contributed by atoms with Gasteiger partial charge in [0.05, 0.1) is 34.4 Å². The average Bonchev–Trinajstić information content (AvgIpc) is 3.33. The topological polar surface area (TPSA) is 94.1 Å². The zero-order valence-electron chi connectivity index (χ0n) is 46.9. The first-order valence-electron chi connectivity index (χ1n) is 29.3. The second-order valence-corrected chi connectivity index (χ2v) is 22.0. The number of nitrogens with zero attached hydrogens (tertiary/aromatic N) is 1. The van der Waals surface area contributed by atoms with Gasteiger partial charge < -0.3 is 27.9 Å². The molecule has 0 aromatic heterocycles. The van der Waals surface area contributed by atoms with Crippen molar-refractivity contribution in [1.82, 2.24) is 0 Å². The first kappa shape index (κ1) is 68.7. The number of carbonyl (C=O) groups is 1. The third-order valence-corrected chi connectivity index (χ3v) is 13.4. The number of likely N-dealkylation sites (N-methyl/N-ethyl adjacent to an activating group) is 1. The number of rotatable bonds is 54. The molecule has 9 heteroatoms. The summed E-state index contributed by atoms with van der Waals surface area (Å²) in [5.41, 5.74) is 0. The van der Waals surface area contributed by atoms with Crippen molar-refractivity contribution in [2.24, 2.45) is 0 Å². The van der Waals surface area contributed by atoms with E-state index in [9.17, 15) is 14.3 Å². The quantitative estimate of drug-likeness (QED) is 0.0197. The molecule has 0 saturated carbocycles. The number of quaternary nitrogens is 1. The lowest BCUT2D eigenvalue weighted by atomic mass is 10.0. The highest BCUT2D eigenvalue weighted by Gasteiger charge is 2.20. The van der Waals surface area contributed by atoms with Crippen LogP contribution >= 0.6 is 7.82 Å². The largest absolute Gasteiger partial charge is 0.756 e. The Morgan fingerprint density at radius 1 is 0.451 bits per heavy atom. The van der Waals surface area contributed by atoms with Crippen LogP contribution in [0.5, 0.6) is 0 Å². The monoisotopic (exact) mass is 1010 g/mol. The van der Waals surface area contributed by atoms with Gasteiger partial charge in [0.2, 0.25) is 0 Å². The van der Waals surface area contributed by atoms with Gasteiger partial charge in [0, 0.05) is 13.0 Å². The average molecular weight is 1010 g/mol. The first-order valence-corrected chi connectivity index (χ1v) is 30.8. The van der Waals surface area contributed by atoms with Crippen molar-refractivity contribution < 1.29 is 37.3 Å². The number of hydrogen-bond acceptors (Lipinski definition) is 7. The molecule has 0 aliphatic carbocycles. The van der Waals surface area contributed by atoms with Crippen molar-refractivity contribution in [1.29, 1.82) is 0 Å². The number of carbonyl (C=O) groups excluding carboxylic acids is 1. The molecule has 0 aliphatic rings. The van der Waals surface area contributed by atoms with Crippen molar-refractivity contribution in [2.75, 3.05) is 54.1 Å². The second kappa shape index (κ2) is 54.0. The lowest BCUT2D eigenvalue weighted by Crippen LogP contribution is -2.37. The van der Waals surface area contributed by atoms with Crippen molar-refractivity contribution in [3.63, 3.8) is 0 Å². The molecule has 2 unspecified atom stereocenters. The molecule has 0 fully saturated rings. The van der Waals surface area contributed by atoms with Crippen LogP contribution in [0, 0.1) is 0 Å². The molecular weight excluding hydrogens is 902 g/mol. The molecule has 0 amide bonds. The molecule has 0 spiro atoms. The number of phosphoric ester groups is 1. The molecular formula is C62H112NO7P. The molecule has 412 valence electrons. The summed E-state index contributed by atoms with van der Waals surface area (Å²) in [5.74, 6) is -0.345. The van der Waals surface area contributed by atoms with Gasteiger partial charge in [-0.25, -0.2) is 0 Å². The Labute approximate surface area is 439 Å². The van der Waals surface area contributed by atoms with E-state index in [1.54, 1.807) is 0 Å². The standard InChI is InChI=1S/C62H112NO7P/c1-6-8-10-12-14-16-18-20-22-24-26-28-30-31-32-34-36-38-40-42-44-46-48-50-52-54-57-67-59-61(60-69-71(65,66)68-58-56-63(3,4)5)70-62(64)55-53-51-49-47-45-43-41-39-37-35-33-29-27-25-23-21-19-17-15-13-11-9-7-2/h9,11,15,17-18,20-21,23-24,26-27,29,35,37,61H,6-8,10,12-14,16,19,22,25,28,30-34,36,38-60H2,1-5H3/b11-9-,17-15-,20-18-,23-21-,26-24-,29-27-,37-35-. The van der Waals surface area contributed by atoms with Gasteiger partial charge in [-0.05, 0) is 89.9 Å². The van der Waals surface area contributed by atoms with Crippen LogP contribution in [0.25, 0.3) is 0 Å². The Kier molecular flexibility index (Phi) is 52.2. The van der Waals surface area contributed by atoms with E-state index in [1.807, 2.05) is 21.1 Å². The van der Waals surface area contributed by atoms with Crippen LogP contribution in [-0.4, -0.2) is 70.7 Å². The fourth-order valence-corrected chi connectivity index (χ4v) is 8.69. The Morgan fingerprint density at radius 3 is 1.23 bits per heavy atom. The highest BCUT2D eigenvalue weighted by atomic mass is 31.2. The summed E-state index contributed by atoms with van der Waals surface area (Å²) >= 11 is 0. The lowest BCUT2D eigenvalue weighted by molar-refractivity contribution is -0.870. The maximum atomic E-state index is 12.8. The SMILES string of the molecule is CC/C=C\C/C=C\C/C=C\C/C=C\C/C=C\CCCCCCCCCC(=O)OC(COCCCCCCCCCCCCCCCC/C=C\C/C=C\CCCCCCC)COP(=O)([O-])OCC[N+](C)(C)C. The highest BCUT2D eigenvalue weighted by molar-refractivity contribution is 7.45. The third-order valence-electron chi connectivity index (χ3n) is 12.4. The minimum absolute atomic E-state index is 0.0202. The van der Waals surface area contributed by atoms with Gasteiger partial charge in [-0.2, -0.15) is 0 Å². The van der Waals surface area contributed by atoms with E-state index in [0.717, 1.165) is 83.5 Å². The smallest absolute Gasteiger partial charge is 0.306 e. The van der Waals surface area contributed by atoms with Crippen LogP contribution in [0.15, 0.2) is 85.1 Å². The number of esters is 1. The van der Waals surface area contributed by atoms with Gasteiger partial charge in [0.1, 0.15) is 19.3 Å². The van der Waals surface area contributed by atoms with E-state index in [4.69, 9.17) is 18.5 Å². The molecule has 0 aromatic rings. The fourth-order valence-electron chi connectivity index (χ4n) is 7.96. The van der Waals surface area contributed by atoms with E-state index in [-0.39, 0.29) is 25.8 Å². The van der Waals surface area contributed by atoms with E-state index in [1.165, 1.54) is 141 Å². The second-order valence-electron chi connectivity index (χ2n) is 20.6. The molecule has 0 radical (unpaired) electrons. The predicted molar refractivity (Wildman–Crippen MR) is 305 cm³/mol. The zero-order valence-corrected chi connectivity index (χ0v) is 47.8. The first-order chi connectivity index (χ1) is 34.6. The van der Waals surface area contributed by atoms with Gasteiger partial charge in [0.25, 0.3) is 7.82 Å².